The third kappa shape index (κ3) is 4.84. The molecule has 2 saturated carbocycles. The number of carbonyl (C=O) groups excluding carboxylic acids is 3. The normalized spacial score (nSPS) is 30.9. The minimum absolute atomic E-state index is 0.00879. The zero-order chi connectivity index (χ0) is 14.4. The number of ketones is 3. The maximum Gasteiger partial charge on any atom is 0.201 e. The van der Waals surface area contributed by atoms with E-state index in [1.54, 1.807) is 0 Å². The molecule has 0 amide bonds. The number of carbonyl (C=O) groups is 3. The van der Waals surface area contributed by atoms with Crippen LogP contribution in [-0.2, 0) is 14.4 Å². The van der Waals surface area contributed by atoms with Crippen molar-refractivity contribution in [2.45, 2.75) is 77.0 Å². The number of hydrogen-bond donors (Lipinski definition) is 0. The highest BCUT2D eigenvalue weighted by molar-refractivity contribution is 6.38. The first-order valence-corrected chi connectivity index (χ1v) is 8.27. The Kier molecular flexibility index (Phi) is 5.93. The fourth-order valence-corrected chi connectivity index (χ4v) is 3.21. The Morgan fingerprint density at radius 2 is 1.35 bits per heavy atom. The summed E-state index contributed by atoms with van der Waals surface area (Å²) in [4.78, 5) is 35.4. The van der Waals surface area contributed by atoms with Crippen LogP contribution in [0.2, 0.25) is 0 Å². The molecule has 0 saturated heterocycles. The molecule has 0 spiro atoms. The zero-order valence-corrected chi connectivity index (χ0v) is 12.4. The highest BCUT2D eigenvalue weighted by Crippen LogP contribution is 2.43. The van der Waals surface area contributed by atoms with Crippen molar-refractivity contribution in [3.8, 4) is 0 Å². The van der Waals surface area contributed by atoms with E-state index in [4.69, 9.17) is 0 Å². The second kappa shape index (κ2) is 7.70. The van der Waals surface area contributed by atoms with Gasteiger partial charge in [-0.3, -0.25) is 14.4 Å². The maximum atomic E-state index is 11.9. The van der Waals surface area contributed by atoms with Gasteiger partial charge in [0.15, 0.2) is 5.78 Å². The summed E-state index contributed by atoms with van der Waals surface area (Å²) in [5.74, 6) is 0.0824. The van der Waals surface area contributed by atoms with Gasteiger partial charge in [-0.05, 0) is 25.2 Å². The summed E-state index contributed by atoms with van der Waals surface area (Å²) in [5, 5.41) is 0. The molecule has 0 aromatic rings. The minimum Gasteiger partial charge on any atom is -0.300 e. The molecular formula is C17H26O3. The molecule has 2 aliphatic carbocycles. The van der Waals surface area contributed by atoms with Crippen molar-refractivity contribution in [2.75, 3.05) is 0 Å². The van der Waals surface area contributed by atoms with Crippen LogP contribution < -0.4 is 0 Å². The summed E-state index contributed by atoms with van der Waals surface area (Å²) in [5.41, 5.74) is 0. The van der Waals surface area contributed by atoms with Crippen LogP contribution in [0.5, 0.6) is 0 Å². The number of fused-ring (bicyclic) bond motifs is 1. The maximum absolute atomic E-state index is 11.9. The van der Waals surface area contributed by atoms with E-state index < -0.39 is 0 Å². The molecule has 2 fully saturated rings. The SMILES string of the molecule is O=C1CCCCCCCCCC2CC2C(=O)C(=O)CC1. The van der Waals surface area contributed by atoms with Gasteiger partial charge in [-0.1, -0.05) is 38.5 Å². The quantitative estimate of drug-likeness (QED) is 0.636. The topological polar surface area (TPSA) is 51.2 Å². The first-order chi connectivity index (χ1) is 9.68. The summed E-state index contributed by atoms with van der Waals surface area (Å²) < 4.78 is 0. The predicted molar refractivity (Wildman–Crippen MR) is 77.4 cm³/mol. The molecule has 2 aliphatic rings. The second-order valence-electron chi connectivity index (χ2n) is 6.44. The molecule has 3 heteroatoms. The average molecular weight is 278 g/mol. The number of hydrogen-bond acceptors (Lipinski definition) is 3. The van der Waals surface area contributed by atoms with Crippen LogP contribution in [-0.4, -0.2) is 17.3 Å². The van der Waals surface area contributed by atoms with Gasteiger partial charge in [0, 0.05) is 25.2 Å². The summed E-state index contributed by atoms with van der Waals surface area (Å²) in [6.45, 7) is 0. The third-order valence-electron chi connectivity index (χ3n) is 4.70. The first kappa shape index (κ1) is 15.4. The molecule has 2 rings (SSSR count). The Hall–Kier alpha value is -0.990. The molecule has 0 heterocycles. The monoisotopic (exact) mass is 278 g/mol. The number of rotatable bonds is 0. The lowest BCUT2D eigenvalue weighted by atomic mass is 9.99. The van der Waals surface area contributed by atoms with E-state index >= 15 is 0 Å². The molecule has 112 valence electrons. The van der Waals surface area contributed by atoms with Crippen LogP contribution >= 0.6 is 0 Å². The van der Waals surface area contributed by atoms with Gasteiger partial charge in [0.1, 0.15) is 5.78 Å². The largest absolute Gasteiger partial charge is 0.300 e. The van der Waals surface area contributed by atoms with Crippen LogP contribution in [0, 0.1) is 11.8 Å². The Labute approximate surface area is 121 Å². The van der Waals surface area contributed by atoms with E-state index in [0.717, 1.165) is 25.7 Å². The van der Waals surface area contributed by atoms with E-state index in [0.29, 0.717) is 12.3 Å². The smallest absolute Gasteiger partial charge is 0.201 e. The number of Topliss-reactive ketones (excluding diaryl/α,β-unsaturated/α-hetero) is 3. The van der Waals surface area contributed by atoms with E-state index in [1.165, 1.54) is 32.1 Å². The van der Waals surface area contributed by atoms with E-state index in [1.807, 2.05) is 0 Å². The van der Waals surface area contributed by atoms with Gasteiger partial charge in [-0.25, -0.2) is 0 Å². The van der Waals surface area contributed by atoms with Gasteiger partial charge in [0.25, 0.3) is 0 Å². The molecule has 2 unspecified atom stereocenters. The lowest BCUT2D eigenvalue weighted by Gasteiger charge is -2.04. The molecule has 0 bridgehead atoms. The highest BCUT2D eigenvalue weighted by atomic mass is 16.2. The lowest BCUT2D eigenvalue weighted by molar-refractivity contribution is -0.138. The molecular weight excluding hydrogens is 252 g/mol. The molecule has 0 aromatic carbocycles. The average Bonchev–Trinajstić information content (AvgIpc) is 3.20. The van der Waals surface area contributed by atoms with Gasteiger partial charge in [0.2, 0.25) is 5.78 Å². The van der Waals surface area contributed by atoms with Crippen molar-refractivity contribution in [3.05, 3.63) is 0 Å². The first-order valence-electron chi connectivity index (χ1n) is 8.27. The van der Waals surface area contributed by atoms with Crippen LogP contribution in [0.15, 0.2) is 0 Å². The van der Waals surface area contributed by atoms with Crippen LogP contribution in [0.3, 0.4) is 0 Å². The van der Waals surface area contributed by atoms with Gasteiger partial charge >= 0.3 is 0 Å². The fraction of sp³-hybridized carbons (Fsp3) is 0.824. The van der Waals surface area contributed by atoms with Crippen molar-refractivity contribution in [3.63, 3.8) is 0 Å². The van der Waals surface area contributed by atoms with Gasteiger partial charge in [0.05, 0.1) is 0 Å². The Morgan fingerprint density at radius 3 is 2.10 bits per heavy atom. The zero-order valence-electron chi connectivity index (χ0n) is 12.4. The minimum atomic E-state index is -0.307. The molecule has 0 aromatic heterocycles. The Bertz CT molecular complexity index is 372. The summed E-state index contributed by atoms with van der Waals surface area (Å²) in [6, 6.07) is 0. The van der Waals surface area contributed by atoms with Crippen molar-refractivity contribution in [1.29, 1.82) is 0 Å². The fourth-order valence-electron chi connectivity index (χ4n) is 3.21. The van der Waals surface area contributed by atoms with Crippen molar-refractivity contribution >= 4 is 17.3 Å². The molecule has 0 aliphatic heterocycles. The summed E-state index contributed by atoms with van der Waals surface area (Å²) in [6.07, 6.45) is 11.2. The van der Waals surface area contributed by atoms with E-state index in [9.17, 15) is 14.4 Å². The van der Waals surface area contributed by atoms with Crippen molar-refractivity contribution < 1.29 is 14.4 Å². The van der Waals surface area contributed by atoms with Crippen molar-refractivity contribution in [2.24, 2.45) is 11.8 Å². The third-order valence-corrected chi connectivity index (χ3v) is 4.70. The Balaban J connectivity index is 1.82. The predicted octanol–water partition coefficient (Wildman–Crippen LogP) is 3.63. The standard InChI is InChI=1S/C17H26O3/c18-14-9-7-5-3-1-2-4-6-8-13-12-15(13)17(20)16(19)11-10-14/h13,15H,1-12H2. The van der Waals surface area contributed by atoms with Gasteiger partial charge < -0.3 is 0 Å². The molecule has 0 N–H and O–H groups in total. The summed E-state index contributed by atoms with van der Waals surface area (Å²) >= 11 is 0. The van der Waals surface area contributed by atoms with Crippen LogP contribution in [0.25, 0.3) is 0 Å². The molecule has 3 nitrogen and oxygen atoms in total. The Morgan fingerprint density at radius 1 is 0.700 bits per heavy atom. The van der Waals surface area contributed by atoms with Gasteiger partial charge in [-0.15, -0.1) is 0 Å². The lowest BCUT2D eigenvalue weighted by Crippen LogP contribution is -2.18. The van der Waals surface area contributed by atoms with E-state index in [-0.39, 0.29) is 36.1 Å². The van der Waals surface area contributed by atoms with Gasteiger partial charge in [-0.2, -0.15) is 0 Å². The van der Waals surface area contributed by atoms with Crippen LogP contribution in [0.4, 0.5) is 0 Å². The summed E-state index contributed by atoms with van der Waals surface area (Å²) in [7, 11) is 0. The van der Waals surface area contributed by atoms with Crippen molar-refractivity contribution in [1.82, 2.24) is 0 Å². The van der Waals surface area contributed by atoms with Crippen LogP contribution in [0.1, 0.15) is 77.0 Å². The van der Waals surface area contributed by atoms with E-state index in [2.05, 4.69) is 0 Å². The molecule has 20 heavy (non-hydrogen) atoms. The highest BCUT2D eigenvalue weighted by Gasteiger charge is 2.44. The second-order valence-corrected chi connectivity index (χ2v) is 6.44. The molecule has 2 atom stereocenters. The molecule has 0 radical (unpaired) electrons.